The molecule has 0 aliphatic rings. The Balaban J connectivity index is 2.51. The van der Waals surface area contributed by atoms with E-state index in [4.69, 9.17) is 10.5 Å². The van der Waals surface area contributed by atoms with Crippen LogP contribution in [0.4, 0.5) is 0 Å². The maximum absolute atomic E-state index is 5.91. The van der Waals surface area contributed by atoms with Crippen molar-refractivity contribution in [2.45, 2.75) is 26.8 Å². The molecule has 0 radical (unpaired) electrons. The van der Waals surface area contributed by atoms with E-state index in [1.807, 2.05) is 31.2 Å². The molecule has 2 N–H and O–H groups in total. The normalized spacial score (nSPS) is 12.8. The number of nitrogens with two attached hydrogens (primary N) is 1. The third kappa shape index (κ3) is 4.36. The van der Waals surface area contributed by atoms with Gasteiger partial charge >= 0.3 is 0 Å². The monoisotopic (exact) mass is 236 g/mol. The first-order valence-electron chi connectivity index (χ1n) is 6.38. The number of rotatable bonds is 7. The van der Waals surface area contributed by atoms with Crippen LogP contribution in [0.15, 0.2) is 24.3 Å². The summed E-state index contributed by atoms with van der Waals surface area (Å²) in [6, 6.07) is 8.01. The van der Waals surface area contributed by atoms with Gasteiger partial charge in [-0.05, 0) is 26.1 Å². The van der Waals surface area contributed by atoms with Crippen LogP contribution in [0, 0.1) is 0 Å². The fourth-order valence-electron chi connectivity index (χ4n) is 1.81. The van der Waals surface area contributed by atoms with Gasteiger partial charge in [-0.3, -0.25) is 0 Å². The van der Waals surface area contributed by atoms with Crippen LogP contribution in [0.5, 0.6) is 5.75 Å². The minimum atomic E-state index is 0.0136. The van der Waals surface area contributed by atoms with Crippen molar-refractivity contribution in [1.29, 1.82) is 0 Å². The molecule has 1 aromatic carbocycles. The second-order valence-corrected chi connectivity index (χ2v) is 4.20. The van der Waals surface area contributed by atoms with Crippen molar-refractivity contribution in [2.24, 2.45) is 5.73 Å². The van der Waals surface area contributed by atoms with Crippen LogP contribution in [0.1, 0.15) is 32.4 Å². The molecular formula is C14H24N2O. The van der Waals surface area contributed by atoms with Crippen LogP contribution in [0.25, 0.3) is 0 Å². The summed E-state index contributed by atoms with van der Waals surface area (Å²) in [5, 5.41) is 0. The molecule has 0 aliphatic heterocycles. The summed E-state index contributed by atoms with van der Waals surface area (Å²) >= 11 is 0. The van der Waals surface area contributed by atoms with E-state index in [0.29, 0.717) is 6.61 Å². The van der Waals surface area contributed by atoms with Crippen molar-refractivity contribution in [1.82, 2.24) is 4.90 Å². The van der Waals surface area contributed by atoms with E-state index >= 15 is 0 Å². The van der Waals surface area contributed by atoms with Gasteiger partial charge in [0.2, 0.25) is 0 Å². The Morgan fingerprint density at radius 3 is 2.47 bits per heavy atom. The van der Waals surface area contributed by atoms with Crippen LogP contribution >= 0.6 is 0 Å². The fraction of sp³-hybridized carbons (Fsp3) is 0.571. The Labute approximate surface area is 105 Å². The number of benzene rings is 1. The molecule has 1 aromatic rings. The Hall–Kier alpha value is -1.06. The Morgan fingerprint density at radius 2 is 1.88 bits per heavy atom. The van der Waals surface area contributed by atoms with Gasteiger partial charge in [-0.25, -0.2) is 0 Å². The molecule has 17 heavy (non-hydrogen) atoms. The number of hydrogen-bond donors (Lipinski definition) is 1. The lowest BCUT2D eigenvalue weighted by Gasteiger charge is -2.19. The van der Waals surface area contributed by atoms with Gasteiger partial charge in [-0.2, -0.15) is 0 Å². The molecule has 1 rings (SSSR count). The summed E-state index contributed by atoms with van der Waals surface area (Å²) in [5.41, 5.74) is 6.98. The number of hydrogen-bond acceptors (Lipinski definition) is 3. The number of ether oxygens (including phenoxy) is 1. The maximum Gasteiger partial charge on any atom is 0.124 e. The molecule has 0 heterocycles. The molecular weight excluding hydrogens is 212 g/mol. The van der Waals surface area contributed by atoms with Gasteiger partial charge in [0.1, 0.15) is 12.4 Å². The third-order valence-electron chi connectivity index (χ3n) is 2.97. The summed E-state index contributed by atoms with van der Waals surface area (Å²) in [6.45, 7) is 10.1. The lowest BCUT2D eigenvalue weighted by Crippen LogP contribution is -2.28. The minimum absolute atomic E-state index is 0.0136. The molecule has 0 fully saturated rings. The van der Waals surface area contributed by atoms with Gasteiger partial charge in [-0.1, -0.05) is 32.0 Å². The summed E-state index contributed by atoms with van der Waals surface area (Å²) in [7, 11) is 0. The number of likely N-dealkylation sites (N-methyl/N-ethyl adjacent to an activating group) is 1. The maximum atomic E-state index is 5.91. The van der Waals surface area contributed by atoms with Crippen LogP contribution in [-0.2, 0) is 0 Å². The molecule has 0 unspecified atom stereocenters. The highest BCUT2D eigenvalue weighted by Gasteiger charge is 2.07. The minimum Gasteiger partial charge on any atom is -0.492 e. The second-order valence-electron chi connectivity index (χ2n) is 4.20. The van der Waals surface area contributed by atoms with Gasteiger partial charge < -0.3 is 15.4 Å². The summed E-state index contributed by atoms with van der Waals surface area (Å²) < 4.78 is 5.81. The second kappa shape index (κ2) is 7.30. The molecule has 96 valence electrons. The highest BCUT2D eigenvalue weighted by molar-refractivity contribution is 5.35. The molecule has 0 saturated carbocycles. The largest absolute Gasteiger partial charge is 0.492 e. The molecule has 0 aliphatic carbocycles. The van der Waals surface area contributed by atoms with Crippen molar-refractivity contribution in [3.63, 3.8) is 0 Å². The molecule has 0 bridgehead atoms. The predicted octanol–water partition coefficient (Wildman–Crippen LogP) is 2.43. The third-order valence-corrected chi connectivity index (χ3v) is 2.97. The van der Waals surface area contributed by atoms with Crippen molar-refractivity contribution >= 4 is 0 Å². The quantitative estimate of drug-likeness (QED) is 0.790. The lowest BCUT2D eigenvalue weighted by atomic mass is 10.1. The Morgan fingerprint density at radius 1 is 1.24 bits per heavy atom. The predicted molar refractivity (Wildman–Crippen MR) is 72.3 cm³/mol. The van der Waals surface area contributed by atoms with Gasteiger partial charge in [-0.15, -0.1) is 0 Å². The number of nitrogens with zero attached hydrogens (tertiary/aromatic N) is 1. The molecule has 0 saturated heterocycles. The fourth-order valence-corrected chi connectivity index (χ4v) is 1.81. The van der Waals surface area contributed by atoms with Crippen LogP contribution in [0.3, 0.4) is 0 Å². The summed E-state index contributed by atoms with van der Waals surface area (Å²) in [4.78, 5) is 2.34. The van der Waals surface area contributed by atoms with Crippen LogP contribution in [-0.4, -0.2) is 31.1 Å². The molecule has 3 nitrogen and oxygen atoms in total. The zero-order chi connectivity index (χ0) is 12.7. The van der Waals surface area contributed by atoms with Crippen molar-refractivity contribution in [2.75, 3.05) is 26.2 Å². The highest BCUT2D eigenvalue weighted by Crippen LogP contribution is 2.22. The lowest BCUT2D eigenvalue weighted by molar-refractivity contribution is 0.221. The average Bonchev–Trinajstić information content (AvgIpc) is 2.35. The molecule has 3 heteroatoms. The van der Waals surface area contributed by atoms with E-state index in [9.17, 15) is 0 Å². The molecule has 0 amide bonds. The van der Waals surface area contributed by atoms with E-state index in [-0.39, 0.29) is 6.04 Å². The van der Waals surface area contributed by atoms with E-state index < -0.39 is 0 Å². The van der Waals surface area contributed by atoms with Crippen molar-refractivity contribution in [3.05, 3.63) is 29.8 Å². The first-order valence-corrected chi connectivity index (χ1v) is 6.38. The highest BCUT2D eigenvalue weighted by atomic mass is 16.5. The van der Waals surface area contributed by atoms with Gasteiger partial charge in [0, 0.05) is 18.2 Å². The average molecular weight is 236 g/mol. The number of para-hydroxylation sites is 1. The topological polar surface area (TPSA) is 38.5 Å². The van der Waals surface area contributed by atoms with E-state index in [1.54, 1.807) is 0 Å². The first kappa shape index (κ1) is 14.0. The van der Waals surface area contributed by atoms with Gasteiger partial charge in [0.25, 0.3) is 0 Å². The smallest absolute Gasteiger partial charge is 0.124 e. The molecule has 0 spiro atoms. The van der Waals surface area contributed by atoms with Crippen LogP contribution in [0.2, 0.25) is 0 Å². The van der Waals surface area contributed by atoms with E-state index in [2.05, 4.69) is 18.7 Å². The summed E-state index contributed by atoms with van der Waals surface area (Å²) in [6.07, 6.45) is 0. The molecule has 0 aromatic heterocycles. The van der Waals surface area contributed by atoms with E-state index in [1.165, 1.54) is 0 Å². The first-order chi connectivity index (χ1) is 8.19. The van der Waals surface area contributed by atoms with Gasteiger partial charge in [0.15, 0.2) is 0 Å². The SMILES string of the molecule is CCN(CC)CCOc1ccccc1[C@@H](C)N. The van der Waals surface area contributed by atoms with Crippen molar-refractivity contribution in [3.8, 4) is 5.75 Å². The van der Waals surface area contributed by atoms with E-state index in [0.717, 1.165) is 30.9 Å². The Kier molecular flexibility index (Phi) is 6.01. The zero-order valence-corrected chi connectivity index (χ0v) is 11.1. The summed E-state index contributed by atoms with van der Waals surface area (Å²) in [5.74, 6) is 0.912. The van der Waals surface area contributed by atoms with Gasteiger partial charge in [0.05, 0.1) is 0 Å². The molecule has 1 atom stereocenters. The zero-order valence-electron chi connectivity index (χ0n) is 11.1. The van der Waals surface area contributed by atoms with Crippen molar-refractivity contribution < 1.29 is 4.74 Å². The standard InChI is InChI=1S/C14H24N2O/c1-4-16(5-2)10-11-17-14-9-7-6-8-13(14)12(3)15/h6-9,12H,4-5,10-11,15H2,1-3H3/t12-/m1/s1. The van der Waals surface area contributed by atoms with Crippen LogP contribution < -0.4 is 10.5 Å². The Bertz CT molecular complexity index is 322.